The molecule has 0 atom stereocenters. The Bertz CT molecular complexity index is 1900. The molecule has 262 valence electrons. The SMILES string of the molecule is CCCCCCOc1ccc(-c2ccc(-c3ccc4c(c3)C(C)(C)c3cc(-c5ccc(-c6ccc(OCCCCCC)cc6)s5)ccc3-4)s2)cc1. The van der Waals surface area contributed by atoms with Crippen molar-refractivity contribution < 1.29 is 9.47 Å². The summed E-state index contributed by atoms with van der Waals surface area (Å²) >= 11 is 3.72. The van der Waals surface area contributed by atoms with E-state index in [2.05, 4.69) is 137 Å². The maximum Gasteiger partial charge on any atom is 0.119 e. The van der Waals surface area contributed by atoms with Crippen LogP contribution in [0.1, 0.15) is 90.2 Å². The van der Waals surface area contributed by atoms with Crippen LogP contribution in [0.15, 0.2) is 109 Å². The number of unbranched alkanes of at least 4 members (excludes halogenated alkanes) is 6. The summed E-state index contributed by atoms with van der Waals surface area (Å²) in [7, 11) is 0. The lowest BCUT2D eigenvalue weighted by atomic mass is 9.81. The molecule has 51 heavy (non-hydrogen) atoms. The van der Waals surface area contributed by atoms with E-state index >= 15 is 0 Å². The van der Waals surface area contributed by atoms with Crippen molar-refractivity contribution in [3.8, 4) is 64.4 Å². The smallest absolute Gasteiger partial charge is 0.119 e. The van der Waals surface area contributed by atoms with Crippen molar-refractivity contribution in [3.63, 3.8) is 0 Å². The highest BCUT2D eigenvalue weighted by Crippen LogP contribution is 2.51. The Labute approximate surface area is 313 Å². The molecule has 6 aromatic rings. The molecule has 7 rings (SSSR count). The Morgan fingerprint density at radius 3 is 1.20 bits per heavy atom. The molecule has 2 heterocycles. The Hall–Kier alpha value is -4.12. The molecule has 0 fully saturated rings. The maximum absolute atomic E-state index is 5.98. The van der Waals surface area contributed by atoms with Gasteiger partial charge in [0, 0.05) is 24.9 Å². The lowest BCUT2D eigenvalue weighted by molar-refractivity contribution is 0.305. The minimum Gasteiger partial charge on any atom is -0.494 e. The first-order valence-corrected chi connectivity index (χ1v) is 20.5. The van der Waals surface area contributed by atoms with Gasteiger partial charge in [-0.15, -0.1) is 22.7 Å². The van der Waals surface area contributed by atoms with Crippen molar-refractivity contribution in [1.82, 2.24) is 0 Å². The third-order valence-electron chi connectivity index (χ3n) is 10.3. The first-order chi connectivity index (χ1) is 24.9. The minimum absolute atomic E-state index is 0.0877. The zero-order valence-electron chi connectivity index (χ0n) is 30.6. The van der Waals surface area contributed by atoms with Crippen LogP contribution >= 0.6 is 22.7 Å². The van der Waals surface area contributed by atoms with Gasteiger partial charge in [-0.05, 0) is 142 Å². The highest BCUT2D eigenvalue weighted by molar-refractivity contribution is 7.19. The van der Waals surface area contributed by atoms with Crippen LogP contribution in [0.5, 0.6) is 11.5 Å². The van der Waals surface area contributed by atoms with E-state index in [9.17, 15) is 0 Å². The van der Waals surface area contributed by atoms with Crippen LogP contribution in [-0.4, -0.2) is 13.2 Å². The summed E-state index contributed by atoms with van der Waals surface area (Å²) in [4.78, 5) is 5.16. The lowest BCUT2D eigenvalue weighted by Crippen LogP contribution is -2.15. The van der Waals surface area contributed by atoms with Crippen molar-refractivity contribution >= 4 is 22.7 Å². The van der Waals surface area contributed by atoms with Crippen molar-refractivity contribution in [3.05, 3.63) is 120 Å². The molecule has 1 aliphatic carbocycles. The van der Waals surface area contributed by atoms with Gasteiger partial charge < -0.3 is 9.47 Å². The monoisotopic (exact) mass is 710 g/mol. The molecule has 2 nitrogen and oxygen atoms in total. The van der Waals surface area contributed by atoms with E-state index in [0.717, 1.165) is 37.6 Å². The largest absolute Gasteiger partial charge is 0.494 e. The molecule has 0 radical (unpaired) electrons. The quantitative estimate of drug-likeness (QED) is 0.0931. The number of fused-ring (bicyclic) bond motifs is 3. The van der Waals surface area contributed by atoms with Crippen molar-refractivity contribution in [2.24, 2.45) is 0 Å². The van der Waals surface area contributed by atoms with E-state index in [4.69, 9.17) is 9.47 Å². The average molecular weight is 711 g/mol. The second-order valence-electron chi connectivity index (χ2n) is 14.3. The predicted molar refractivity (Wildman–Crippen MR) is 221 cm³/mol. The van der Waals surface area contributed by atoms with Gasteiger partial charge in [-0.2, -0.15) is 0 Å². The van der Waals surface area contributed by atoms with Crippen molar-refractivity contribution in [2.45, 2.75) is 84.5 Å². The molecule has 2 aromatic heterocycles. The Kier molecular flexibility index (Phi) is 11.1. The van der Waals surface area contributed by atoms with Gasteiger partial charge in [0.05, 0.1) is 13.2 Å². The number of hydrogen-bond acceptors (Lipinski definition) is 4. The summed E-state index contributed by atoms with van der Waals surface area (Å²) in [5.74, 6) is 1.91. The number of hydrogen-bond donors (Lipinski definition) is 0. The van der Waals surface area contributed by atoms with Gasteiger partial charge in [-0.3, -0.25) is 0 Å². The summed E-state index contributed by atoms with van der Waals surface area (Å²) in [5.41, 5.74) is 10.5. The van der Waals surface area contributed by atoms with Crippen LogP contribution in [0, 0.1) is 0 Å². The number of rotatable bonds is 16. The van der Waals surface area contributed by atoms with Crippen LogP contribution < -0.4 is 9.47 Å². The molecule has 0 aliphatic heterocycles. The van der Waals surface area contributed by atoms with Gasteiger partial charge in [0.2, 0.25) is 0 Å². The molecule has 0 amide bonds. The Morgan fingerprint density at radius 1 is 0.431 bits per heavy atom. The van der Waals surface area contributed by atoms with Gasteiger partial charge in [0.15, 0.2) is 0 Å². The summed E-state index contributed by atoms with van der Waals surface area (Å²) in [5, 5.41) is 0. The fourth-order valence-electron chi connectivity index (χ4n) is 7.21. The van der Waals surface area contributed by atoms with Crippen LogP contribution in [-0.2, 0) is 5.41 Å². The lowest BCUT2D eigenvalue weighted by Gasteiger charge is -2.22. The third kappa shape index (κ3) is 7.88. The second-order valence-corrected chi connectivity index (χ2v) is 16.5. The van der Waals surface area contributed by atoms with Gasteiger partial charge in [-0.1, -0.05) is 90.5 Å². The second kappa shape index (κ2) is 16.0. The van der Waals surface area contributed by atoms with E-state index in [1.165, 1.54) is 103 Å². The fourth-order valence-corrected chi connectivity index (χ4v) is 9.22. The van der Waals surface area contributed by atoms with Crippen molar-refractivity contribution in [2.75, 3.05) is 13.2 Å². The molecule has 1 aliphatic rings. The zero-order valence-corrected chi connectivity index (χ0v) is 32.2. The van der Waals surface area contributed by atoms with E-state index < -0.39 is 0 Å². The van der Waals surface area contributed by atoms with E-state index in [1.807, 2.05) is 22.7 Å². The van der Waals surface area contributed by atoms with Crippen molar-refractivity contribution in [1.29, 1.82) is 0 Å². The zero-order chi connectivity index (χ0) is 35.2. The molecule has 4 heteroatoms. The van der Waals surface area contributed by atoms with Gasteiger partial charge >= 0.3 is 0 Å². The van der Waals surface area contributed by atoms with E-state index in [0.29, 0.717) is 0 Å². The van der Waals surface area contributed by atoms with Crippen LogP contribution in [0.25, 0.3) is 52.9 Å². The van der Waals surface area contributed by atoms with E-state index in [-0.39, 0.29) is 5.41 Å². The molecule has 0 saturated carbocycles. The van der Waals surface area contributed by atoms with Crippen LogP contribution in [0.2, 0.25) is 0 Å². The highest BCUT2D eigenvalue weighted by atomic mass is 32.1. The topological polar surface area (TPSA) is 18.5 Å². The first kappa shape index (κ1) is 35.3. The number of thiophene rings is 2. The fraction of sp³-hybridized carbons (Fsp3) is 0.319. The normalized spacial score (nSPS) is 12.9. The highest BCUT2D eigenvalue weighted by Gasteiger charge is 2.36. The Balaban J connectivity index is 1.04. The standard InChI is InChI=1S/C47H50O2S2/c1-5-7-9-11-29-48-37-19-13-33(14-20-37)43-25-27-45(50-43)35-17-23-39-40-24-18-36(32-42(40)47(3,4)41(39)31-35)46-28-26-44(51-46)34-15-21-38(22-16-34)49-30-12-10-8-6-2/h13-28,31-32H,5-12,29-30H2,1-4H3. The maximum atomic E-state index is 5.98. The molecule has 4 aromatic carbocycles. The van der Waals surface area contributed by atoms with Crippen LogP contribution in [0.3, 0.4) is 0 Å². The number of ether oxygens (including phenoxy) is 2. The number of benzene rings is 4. The predicted octanol–water partition coefficient (Wildman–Crippen LogP) is 14.7. The molecule has 0 bridgehead atoms. The minimum atomic E-state index is -0.0877. The first-order valence-electron chi connectivity index (χ1n) is 18.9. The summed E-state index contributed by atoms with van der Waals surface area (Å²) in [6, 6.07) is 40.4. The molecular formula is C47H50O2S2. The average Bonchev–Trinajstić information content (AvgIpc) is 3.90. The van der Waals surface area contributed by atoms with E-state index in [1.54, 1.807) is 0 Å². The summed E-state index contributed by atoms with van der Waals surface area (Å²) in [6.45, 7) is 10.8. The molecular weight excluding hydrogens is 661 g/mol. The third-order valence-corrected chi connectivity index (χ3v) is 12.6. The molecule has 0 spiro atoms. The van der Waals surface area contributed by atoms with Crippen LogP contribution in [0.4, 0.5) is 0 Å². The summed E-state index contributed by atoms with van der Waals surface area (Å²) < 4.78 is 12.0. The van der Waals surface area contributed by atoms with Gasteiger partial charge in [0.25, 0.3) is 0 Å². The molecule has 0 saturated heterocycles. The molecule has 0 unspecified atom stereocenters. The van der Waals surface area contributed by atoms with Gasteiger partial charge in [-0.25, -0.2) is 0 Å². The van der Waals surface area contributed by atoms with Gasteiger partial charge in [0.1, 0.15) is 11.5 Å². The Morgan fingerprint density at radius 2 is 0.804 bits per heavy atom. The molecule has 0 N–H and O–H groups in total. The summed E-state index contributed by atoms with van der Waals surface area (Å²) in [6.07, 6.45) is 9.77.